The first kappa shape index (κ1) is 18.6. The van der Waals surface area contributed by atoms with E-state index in [1.54, 1.807) is 25.4 Å². The van der Waals surface area contributed by atoms with Crippen LogP contribution in [0.3, 0.4) is 0 Å². The highest BCUT2D eigenvalue weighted by atomic mass is 19.1. The highest BCUT2D eigenvalue weighted by Gasteiger charge is 2.42. The summed E-state index contributed by atoms with van der Waals surface area (Å²) in [6, 6.07) is 4.74. The van der Waals surface area contributed by atoms with Crippen LogP contribution in [0.5, 0.6) is 0 Å². The summed E-state index contributed by atoms with van der Waals surface area (Å²) < 4.78 is 13.1. The Kier molecular flexibility index (Phi) is 4.93. The predicted octanol–water partition coefficient (Wildman–Crippen LogP) is 1.46. The number of halogens is 1. The zero-order chi connectivity index (χ0) is 19.7. The van der Waals surface area contributed by atoms with E-state index in [1.807, 2.05) is 0 Å². The Bertz CT molecular complexity index is 879. The third-order valence-corrected chi connectivity index (χ3v) is 4.72. The molecule has 1 aliphatic heterocycles. The Morgan fingerprint density at radius 1 is 1.26 bits per heavy atom. The van der Waals surface area contributed by atoms with Crippen LogP contribution in [-0.2, 0) is 16.1 Å². The summed E-state index contributed by atoms with van der Waals surface area (Å²) in [5.74, 6) is -0.994. The van der Waals surface area contributed by atoms with E-state index in [9.17, 15) is 18.8 Å². The summed E-state index contributed by atoms with van der Waals surface area (Å²) >= 11 is 0. The molecule has 142 valence electrons. The molecule has 1 fully saturated rings. The molecule has 0 bridgehead atoms. The van der Waals surface area contributed by atoms with Crippen LogP contribution in [0.2, 0.25) is 0 Å². The quantitative estimate of drug-likeness (QED) is 0.804. The average molecular weight is 373 g/mol. The number of H-pyrrole nitrogens is 1. The fourth-order valence-corrected chi connectivity index (χ4v) is 3.04. The highest BCUT2D eigenvalue weighted by molar-refractivity contribution is 6.05. The van der Waals surface area contributed by atoms with E-state index in [1.165, 1.54) is 36.0 Å². The lowest BCUT2D eigenvalue weighted by Gasteiger charge is -2.21. The zero-order valence-electron chi connectivity index (χ0n) is 15.3. The molecule has 0 spiro atoms. The fraction of sp³-hybridized carbons (Fsp3) is 0.333. The molecule has 3 rings (SSSR count). The molecule has 1 aromatic heterocycles. The maximum Gasteiger partial charge on any atom is 0.326 e. The summed E-state index contributed by atoms with van der Waals surface area (Å²) in [6.07, 6.45) is 1.51. The molecule has 1 aliphatic rings. The monoisotopic (exact) mass is 373 g/mol. The third kappa shape index (κ3) is 3.53. The molecule has 1 unspecified atom stereocenters. The van der Waals surface area contributed by atoms with Gasteiger partial charge >= 0.3 is 6.03 Å². The molecule has 4 amide bonds. The van der Waals surface area contributed by atoms with E-state index in [0.717, 1.165) is 16.0 Å². The molecule has 1 aromatic carbocycles. The molecular weight excluding hydrogens is 353 g/mol. The number of amides is 4. The lowest BCUT2D eigenvalue weighted by Crippen LogP contribution is -2.38. The Hall–Kier alpha value is -3.23. The number of nitrogens with one attached hydrogen (secondary N) is 1. The van der Waals surface area contributed by atoms with Crippen LogP contribution < -0.4 is 0 Å². The van der Waals surface area contributed by atoms with E-state index in [4.69, 9.17) is 0 Å². The van der Waals surface area contributed by atoms with Crippen molar-refractivity contribution in [2.75, 3.05) is 21.1 Å². The van der Waals surface area contributed by atoms with Gasteiger partial charge in [-0.1, -0.05) is 0 Å². The van der Waals surface area contributed by atoms with Crippen LogP contribution in [0.4, 0.5) is 9.18 Å². The minimum absolute atomic E-state index is 0.0916. The molecule has 8 nitrogen and oxygen atoms in total. The standard InChI is InChI=1S/C18H20FN5O3/c1-22(15(25)8-14-17(26)24(3)18(27)23(14)2)10-12-9-20-21-16(12)11-4-6-13(19)7-5-11/h4-7,9,14H,8,10H2,1-3H3,(H,20,21). The molecule has 9 heteroatoms. The van der Waals surface area contributed by atoms with Gasteiger partial charge in [0.1, 0.15) is 11.9 Å². The summed E-state index contributed by atoms with van der Waals surface area (Å²) in [7, 11) is 4.52. The van der Waals surface area contributed by atoms with Crippen LogP contribution in [-0.4, -0.2) is 69.9 Å². The van der Waals surface area contributed by atoms with Crippen molar-refractivity contribution in [2.24, 2.45) is 0 Å². The second-order valence-electron chi connectivity index (χ2n) is 6.54. The number of carbonyl (C=O) groups excluding carboxylic acids is 3. The van der Waals surface area contributed by atoms with Gasteiger partial charge in [0.25, 0.3) is 5.91 Å². The summed E-state index contributed by atoms with van der Waals surface area (Å²) in [5.41, 5.74) is 2.21. The van der Waals surface area contributed by atoms with E-state index < -0.39 is 12.1 Å². The number of imide groups is 1. The van der Waals surface area contributed by atoms with Gasteiger partial charge in [-0.05, 0) is 24.3 Å². The molecule has 2 heterocycles. The molecule has 1 saturated heterocycles. The minimum atomic E-state index is -0.793. The fourth-order valence-electron chi connectivity index (χ4n) is 3.04. The third-order valence-electron chi connectivity index (χ3n) is 4.72. The van der Waals surface area contributed by atoms with Crippen molar-refractivity contribution in [3.63, 3.8) is 0 Å². The molecule has 27 heavy (non-hydrogen) atoms. The Labute approximate surface area is 155 Å². The van der Waals surface area contributed by atoms with Crippen molar-refractivity contribution in [1.29, 1.82) is 0 Å². The molecular formula is C18H20FN5O3. The topological polar surface area (TPSA) is 89.6 Å². The van der Waals surface area contributed by atoms with Gasteiger partial charge in [-0.25, -0.2) is 9.18 Å². The van der Waals surface area contributed by atoms with Crippen LogP contribution in [0.25, 0.3) is 11.3 Å². The summed E-state index contributed by atoms with van der Waals surface area (Å²) in [4.78, 5) is 40.3. The van der Waals surface area contributed by atoms with Crippen molar-refractivity contribution in [1.82, 2.24) is 24.9 Å². The normalized spacial score (nSPS) is 17.0. The predicted molar refractivity (Wildman–Crippen MR) is 94.8 cm³/mol. The maximum atomic E-state index is 13.1. The lowest BCUT2D eigenvalue weighted by atomic mass is 10.1. The second-order valence-corrected chi connectivity index (χ2v) is 6.54. The first-order valence-electron chi connectivity index (χ1n) is 8.36. The smallest absolute Gasteiger partial charge is 0.326 e. The number of rotatable bonds is 5. The molecule has 1 N–H and O–H groups in total. The number of carbonyl (C=O) groups is 3. The Morgan fingerprint density at radius 2 is 1.93 bits per heavy atom. The first-order valence-corrected chi connectivity index (χ1v) is 8.36. The average Bonchev–Trinajstić information content (AvgIpc) is 3.17. The molecule has 2 aromatic rings. The van der Waals surface area contributed by atoms with E-state index in [-0.39, 0.29) is 30.6 Å². The van der Waals surface area contributed by atoms with Crippen molar-refractivity contribution in [2.45, 2.75) is 19.0 Å². The van der Waals surface area contributed by atoms with Gasteiger partial charge in [0, 0.05) is 38.8 Å². The summed E-state index contributed by atoms with van der Waals surface area (Å²) in [5, 5.41) is 6.87. The van der Waals surface area contributed by atoms with E-state index in [0.29, 0.717) is 5.69 Å². The van der Waals surface area contributed by atoms with Gasteiger partial charge < -0.3 is 9.80 Å². The van der Waals surface area contributed by atoms with Crippen LogP contribution in [0.15, 0.2) is 30.5 Å². The maximum absolute atomic E-state index is 13.1. The first-order chi connectivity index (χ1) is 12.8. The van der Waals surface area contributed by atoms with Gasteiger partial charge in [-0.2, -0.15) is 5.10 Å². The number of benzene rings is 1. The Balaban J connectivity index is 1.69. The zero-order valence-corrected chi connectivity index (χ0v) is 15.3. The van der Waals surface area contributed by atoms with Gasteiger partial charge in [0.15, 0.2) is 0 Å². The summed E-state index contributed by atoms with van der Waals surface area (Å²) in [6.45, 7) is 0.260. The molecule has 1 atom stereocenters. The van der Waals surface area contributed by atoms with Gasteiger partial charge in [-0.15, -0.1) is 0 Å². The van der Waals surface area contributed by atoms with Crippen molar-refractivity contribution in [3.05, 3.63) is 41.8 Å². The number of aromatic nitrogens is 2. The molecule has 0 aliphatic carbocycles. The number of nitrogens with zero attached hydrogens (tertiary/aromatic N) is 4. The van der Waals surface area contributed by atoms with E-state index in [2.05, 4.69) is 10.2 Å². The number of urea groups is 1. The second kappa shape index (κ2) is 7.18. The van der Waals surface area contributed by atoms with E-state index >= 15 is 0 Å². The Morgan fingerprint density at radius 3 is 2.52 bits per heavy atom. The number of hydrogen-bond acceptors (Lipinski definition) is 4. The van der Waals surface area contributed by atoms with Gasteiger partial charge in [0.05, 0.1) is 18.3 Å². The van der Waals surface area contributed by atoms with Gasteiger partial charge in [-0.3, -0.25) is 19.6 Å². The van der Waals surface area contributed by atoms with Crippen LogP contribution in [0.1, 0.15) is 12.0 Å². The van der Waals surface area contributed by atoms with Crippen LogP contribution >= 0.6 is 0 Å². The van der Waals surface area contributed by atoms with Crippen molar-refractivity contribution in [3.8, 4) is 11.3 Å². The number of likely N-dealkylation sites (N-methyl/N-ethyl adjacent to an activating group) is 2. The van der Waals surface area contributed by atoms with Crippen LogP contribution in [0, 0.1) is 5.82 Å². The number of hydrogen-bond donors (Lipinski definition) is 1. The lowest BCUT2D eigenvalue weighted by molar-refractivity contribution is -0.135. The molecule has 0 saturated carbocycles. The van der Waals surface area contributed by atoms with Crippen molar-refractivity contribution < 1.29 is 18.8 Å². The SMILES string of the molecule is CN(Cc1cn[nH]c1-c1ccc(F)cc1)C(=O)CC1C(=O)N(C)C(=O)N1C. The van der Waals surface area contributed by atoms with Gasteiger partial charge in [0.2, 0.25) is 5.91 Å². The number of aromatic amines is 1. The largest absolute Gasteiger partial charge is 0.341 e. The van der Waals surface area contributed by atoms with Crippen molar-refractivity contribution >= 4 is 17.8 Å². The minimum Gasteiger partial charge on any atom is -0.341 e. The molecule has 0 radical (unpaired) electrons. The highest BCUT2D eigenvalue weighted by Crippen LogP contribution is 2.23.